The Kier molecular flexibility index (Phi) is 5.54. The van der Waals surface area contributed by atoms with Crippen LogP contribution in [0, 0.1) is 0 Å². The number of methoxy groups -OCH3 is 1. The molecular formula is C26H24N6O3S. The van der Waals surface area contributed by atoms with E-state index in [1.165, 1.54) is 4.31 Å². The molecule has 3 heterocycles. The second-order valence-corrected chi connectivity index (χ2v) is 10.5. The van der Waals surface area contributed by atoms with E-state index in [9.17, 15) is 8.42 Å². The van der Waals surface area contributed by atoms with Crippen molar-refractivity contribution < 1.29 is 13.2 Å². The topological polar surface area (TPSA) is 92.9 Å². The Morgan fingerprint density at radius 2 is 1.58 bits per heavy atom. The largest absolute Gasteiger partial charge is 0.497 e. The van der Waals surface area contributed by atoms with Crippen molar-refractivity contribution in [1.29, 1.82) is 0 Å². The molecule has 0 N–H and O–H groups in total. The monoisotopic (exact) mass is 500 g/mol. The number of benzene rings is 3. The van der Waals surface area contributed by atoms with Gasteiger partial charge >= 0.3 is 0 Å². The molecule has 0 spiro atoms. The SMILES string of the molecule is COc1cccc(-c2nnc3c4ccccc4nc(N4CCN(S(=O)(=O)c5ccccc5)CC4)n23)c1. The van der Waals surface area contributed by atoms with Gasteiger partial charge in [-0.3, -0.25) is 0 Å². The first kappa shape index (κ1) is 22.4. The number of para-hydroxylation sites is 1. The van der Waals surface area contributed by atoms with Crippen LogP contribution >= 0.6 is 0 Å². The molecule has 0 bridgehead atoms. The lowest BCUT2D eigenvalue weighted by Crippen LogP contribution is -2.49. The predicted octanol–water partition coefficient (Wildman–Crippen LogP) is 3.46. The van der Waals surface area contributed by atoms with Crippen molar-refractivity contribution >= 4 is 32.5 Å². The minimum absolute atomic E-state index is 0.309. The number of ether oxygens (including phenoxy) is 1. The number of fused-ring (bicyclic) bond motifs is 3. The van der Waals surface area contributed by atoms with Gasteiger partial charge in [-0.1, -0.05) is 42.5 Å². The molecule has 1 aliphatic rings. The van der Waals surface area contributed by atoms with Crippen LogP contribution in [0.5, 0.6) is 5.75 Å². The van der Waals surface area contributed by atoms with Crippen molar-refractivity contribution in [3.05, 3.63) is 78.9 Å². The smallest absolute Gasteiger partial charge is 0.243 e. The van der Waals surface area contributed by atoms with Crippen molar-refractivity contribution in [3.63, 3.8) is 0 Å². The van der Waals surface area contributed by atoms with Gasteiger partial charge in [-0.2, -0.15) is 4.31 Å². The second kappa shape index (κ2) is 8.89. The Hall–Kier alpha value is -4.02. The highest BCUT2D eigenvalue weighted by atomic mass is 32.2. The zero-order valence-electron chi connectivity index (χ0n) is 19.7. The summed E-state index contributed by atoms with van der Waals surface area (Å²) in [7, 11) is -1.92. The highest BCUT2D eigenvalue weighted by molar-refractivity contribution is 7.89. The Labute approximate surface area is 208 Å². The molecule has 9 nitrogen and oxygen atoms in total. The van der Waals surface area contributed by atoms with Crippen LogP contribution in [0.25, 0.3) is 27.9 Å². The lowest BCUT2D eigenvalue weighted by atomic mass is 10.2. The average molecular weight is 501 g/mol. The van der Waals surface area contributed by atoms with E-state index in [1.807, 2.05) is 59.0 Å². The number of hydrogen-bond donors (Lipinski definition) is 0. The maximum absolute atomic E-state index is 13.1. The number of hydrogen-bond acceptors (Lipinski definition) is 7. The van der Waals surface area contributed by atoms with Crippen molar-refractivity contribution in [1.82, 2.24) is 23.9 Å². The molecule has 2 aromatic heterocycles. The van der Waals surface area contributed by atoms with Crippen molar-refractivity contribution in [2.45, 2.75) is 4.90 Å². The minimum atomic E-state index is -3.55. The van der Waals surface area contributed by atoms with E-state index in [1.54, 1.807) is 31.4 Å². The summed E-state index contributed by atoms with van der Waals surface area (Å²) in [6.07, 6.45) is 0. The molecule has 1 fully saturated rings. The maximum Gasteiger partial charge on any atom is 0.243 e. The Morgan fingerprint density at radius 3 is 2.36 bits per heavy atom. The van der Waals surface area contributed by atoms with E-state index in [4.69, 9.17) is 9.72 Å². The lowest BCUT2D eigenvalue weighted by Gasteiger charge is -2.35. The summed E-state index contributed by atoms with van der Waals surface area (Å²) < 4.78 is 35.2. The van der Waals surface area contributed by atoms with E-state index >= 15 is 0 Å². The molecule has 0 aliphatic carbocycles. The standard InChI is InChI=1S/C26H24N6O3S/c1-35-20-9-7-8-19(18-20)24-28-29-25-22-12-5-6-13-23(22)27-26(32(24)25)30-14-16-31(17-15-30)36(33,34)21-10-3-2-4-11-21/h2-13,18H,14-17H2,1H3. The van der Waals surface area contributed by atoms with Crippen LogP contribution in [0.15, 0.2) is 83.8 Å². The summed E-state index contributed by atoms with van der Waals surface area (Å²) in [4.78, 5) is 7.39. The number of rotatable bonds is 5. The van der Waals surface area contributed by atoms with Crippen molar-refractivity contribution in [2.24, 2.45) is 0 Å². The lowest BCUT2D eigenvalue weighted by molar-refractivity contribution is 0.382. The number of piperazine rings is 1. The Balaban J connectivity index is 1.42. The van der Waals surface area contributed by atoms with Crippen LogP contribution in [0.2, 0.25) is 0 Å². The van der Waals surface area contributed by atoms with Crippen molar-refractivity contribution in [3.8, 4) is 17.1 Å². The Morgan fingerprint density at radius 1 is 0.833 bits per heavy atom. The molecule has 182 valence electrons. The van der Waals surface area contributed by atoms with E-state index in [0.717, 1.165) is 22.2 Å². The molecule has 0 atom stereocenters. The fraction of sp³-hybridized carbons (Fsp3) is 0.192. The van der Waals surface area contributed by atoms with Crippen molar-refractivity contribution in [2.75, 3.05) is 38.2 Å². The highest BCUT2D eigenvalue weighted by Gasteiger charge is 2.30. The van der Waals surface area contributed by atoms with Gasteiger partial charge in [0, 0.05) is 37.1 Å². The maximum atomic E-state index is 13.1. The minimum Gasteiger partial charge on any atom is -0.497 e. The molecule has 0 saturated carbocycles. The van der Waals surface area contributed by atoms with Gasteiger partial charge < -0.3 is 9.64 Å². The van der Waals surface area contributed by atoms with E-state index in [2.05, 4.69) is 15.1 Å². The molecule has 0 amide bonds. The van der Waals surface area contributed by atoms with Gasteiger partial charge in [0.05, 0.1) is 17.5 Å². The van der Waals surface area contributed by atoms with Gasteiger partial charge in [0.1, 0.15) is 5.75 Å². The molecule has 0 unspecified atom stereocenters. The third-order valence-electron chi connectivity index (χ3n) is 6.46. The molecule has 36 heavy (non-hydrogen) atoms. The molecule has 10 heteroatoms. The molecule has 0 radical (unpaired) electrons. The summed E-state index contributed by atoms with van der Waals surface area (Å²) >= 11 is 0. The molecular weight excluding hydrogens is 476 g/mol. The molecule has 1 aliphatic heterocycles. The van der Waals surface area contributed by atoms with Crippen LogP contribution < -0.4 is 9.64 Å². The number of nitrogens with zero attached hydrogens (tertiary/aromatic N) is 6. The van der Waals surface area contributed by atoms with E-state index < -0.39 is 10.0 Å². The third kappa shape index (κ3) is 3.75. The van der Waals surface area contributed by atoms with Crippen LogP contribution in [-0.4, -0.2) is 65.6 Å². The van der Waals surface area contributed by atoms with E-state index in [0.29, 0.717) is 48.5 Å². The quantitative estimate of drug-likeness (QED) is 0.365. The van der Waals surface area contributed by atoms with Crippen LogP contribution in [0.1, 0.15) is 0 Å². The fourth-order valence-corrected chi connectivity index (χ4v) is 6.04. The number of anilines is 1. The first-order chi connectivity index (χ1) is 17.6. The van der Waals surface area contributed by atoms with Crippen LogP contribution in [-0.2, 0) is 10.0 Å². The molecule has 6 rings (SSSR count). The number of sulfonamides is 1. The summed E-state index contributed by atoms with van der Waals surface area (Å²) in [6.45, 7) is 1.68. The van der Waals surface area contributed by atoms with Gasteiger partial charge in [-0.15, -0.1) is 10.2 Å². The normalized spacial score (nSPS) is 15.0. The van der Waals surface area contributed by atoms with E-state index in [-0.39, 0.29) is 0 Å². The van der Waals surface area contributed by atoms with Gasteiger partial charge in [-0.25, -0.2) is 17.8 Å². The zero-order valence-corrected chi connectivity index (χ0v) is 20.5. The second-order valence-electron chi connectivity index (χ2n) is 8.55. The fourth-order valence-electron chi connectivity index (χ4n) is 4.60. The first-order valence-electron chi connectivity index (χ1n) is 11.6. The summed E-state index contributed by atoms with van der Waals surface area (Å²) in [5.41, 5.74) is 2.36. The summed E-state index contributed by atoms with van der Waals surface area (Å²) in [5, 5.41) is 9.95. The third-order valence-corrected chi connectivity index (χ3v) is 8.37. The van der Waals surface area contributed by atoms with Crippen LogP contribution in [0.3, 0.4) is 0 Å². The van der Waals surface area contributed by atoms with Gasteiger partial charge in [-0.05, 0) is 36.4 Å². The molecule has 3 aromatic carbocycles. The predicted molar refractivity (Wildman–Crippen MR) is 138 cm³/mol. The molecule has 5 aromatic rings. The van der Waals surface area contributed by atoms with Gasteiger partial charge in [0.2, 0.25) is 16.0 Å². The Bertz CT molecular complexity index is 1660. The van der Waals surface area contributed by atoms with Gasteiger partial charge in [0.15, 0.2) is 11.5 Å². The average Bonchev–Trinajstić information content (AvgIpc) is 3.39. The zero-order chi connectivity index (χ0) is 24.7. The summed E-state index contributed by atoms with van der Waals surface area (Å²) in [5.74, 6) is 2.05. The number of aromatic nitrogens is 4. The van der Waals surface area contributed by atoms with Gasteiger partial charge in [0.25, 0.3) is 0 Å². The molecule has 1 saturated heterocycles. The summed E-state index contributed by atoms with van der Waals surface area (Å²) in [6, 6.07) is 24.1. The first-order valence-corrected chi connectivity index (χ1v) is 13.1. The highest BCUT2D eigenvalue weighted by Crippen LogP contribution is 2.30. The van der Waals surface area contributed by atoms with Crippen LogP contribution in [0.4, 0.5) is 5.95 Å².